The number of rotatable bonds is 5. The molecule has 1 amide bonds. The van der Waals surface area contributed by atoms with Crippen molar-refractivity contribution < 1.29 is 13.9 Å². The molecular formula is C24H20N2O3. The van der Waals surface area contributed by atoms with Crippen molar-refractivity contribution >= 4 is 28.8 Å². The number of hydrogen-bond acceptors (Lipinski definition) is 4. The molecule has 0 atom stereocenters. The Balaban J connectivity index is 1.51. The van der Waals surface area contributed by atoms with Gasteiger partial charge in [0.1, 0.15) is 11.3 Å². The van der Waals surface area contributed by atoms with Crippen molar-refractivity contribution in [2.24, 2.45) is 0 Å². The Bertz CT molecular complexity index is 1190. The summed E-state index contributed by atoms with van der Waals surface area (Å²) < 4.78 is 11.1. The van der Waals surface area contributed by atoms with Gasteiger partial charge in [-0.1, -0.05) is 35.9 Å². The van der Waals surface area contributed by atoms with Crippen molar-refractivity contribution in [3.05, 3.63) is 83.9 Å². The van der Waals surface area contributed by atoms with Gasteiger partial charge in [-0.25, -0.2) is 4.98 Å². The van der Waals surface area contributed by atoms with Crippen molar-refractivity contribution in [2.45, 2.75) is 6.92 Å². The minimum atomic E-state index is -0.211. The average molecular weight is 384 g/mol. The zero-order valence-electron chi connectivity index (χ0n) is 16.2. The molecule has 0 bridgehead atoms. The van der Waals surface area contributed by atoms with E-state index in [-0.39, 0.29) is 5.91 Å². The lowest BCUT2D eigenvalue weighted by Gasteiger charge is -2.01. The third-order valence-electron chi connectivity index (χ3n) is 4.48. The lowest BCUT2D eigenvalue weighted by Crippen LogP contribution is -2.07. The molecule has 1 heterocycles. The van der Waals surface area contributed by atoms with Crippen LogP contribution in [0.2, 0.25) is 0 Å². The number of amides is 1. The van der Waals surface area contributed by atoms with E-state index in [0.717, 1.165) is 22.4 Å². The molecule has 0 radical (unpaired) electrons. The number of aryl methyl sites for hydroxylation is 1. The Kier molecular flexibility index (Phi) is 5.12. The SMILES string of the molecule is COc1cccc(-c2nc3ccc(NC(=O)/C=C/c4ccc(C)cc4)cc3o2)c1. The van der Waals surface area contributed by atoms with Gasteiger partial charge in [-0.05, 0) is 48.9 Å². The standard InChI is InChI=1S/C24H20N2O3/c1-16-6-8-17(9-7-16)10-13-23(27)25-19-11-12-21-22(15-19)29-24(26-21)18-4-3-5-20(14-18)28-2/h3-15H,1-2H3,(H,25,27)/b13-10+. The first-order valence-corrected chi connectivity index (χ1v) is 9.21. The van der Waals surface area contributed by atoms with Crippen LogP contribution in [-0.2, 0) is 4.79 Å². The molecule has 3 aromatic carbocycles. The molecular weight excluding hydrogens is 364 g/mol. The Labute approximate surface area is 168 Å². The molecule has 144 valence electrons. The summed E-state index contributed by atoms with van der Waals surface area (Å²) >= 11 is 0. The third-order valence-corrected chi connectivity index (χ3v) is 4.48. The van der Waals surface area contributed by atoms with Crippen LogP contribution in [0.3, 0.4) is 0 Å². The van der Waals surface area contributed by atoms with Gasteiger partial charge in [0.25, 0.3) is 0 Å². The van der Waals surface area contributed by atoms with Gasteiger partial charge in [-0.15, -0.1) is 0 Å². The number of nitrogens with one attached hydrogen (secondary N) is 1. The van der Waals surface area contributed by atoms with Gasteiger partial charge >= 0.3 is 0 Å². The molecule has 0 unspecified atom stereocenters. The fourth-order valence-electron chi connectivity index (χ4n) is 2.92. The zero-order chi connectivity index (χ0) is 20.2. The number of benzene rings is 3. The second kappa shape index (κ2) is 8.02. The molecule has 1 N–H and O–H groups in total. The van der Waals surface area contributed by atoms with Crippen molar-refractivity contribution in [3.8, 4) is 17.2 Å². The number of ether oxygens (including phenoxy) is 1. The van der Waals surface area contributed by atoms with Gasteiger partial charge in [0.15, 0.2) is 5.58 Å². The van der Waals surface area contributed by atoms with Gasteiger partial charge in [-0.3, -0.25) is 4.79 Å². The number of nitrogens with zero attached hydrogens (tertiary/aromatic N) is 1. The average Bonchev–Trinajstić information content (AvgIpc) is 3.17. The molecule has 1 aromatic heterocycles. The summed E-state index contributed by atoms with van der Waals surface area (Å²) in [4.78, 5) is 16.7. The Hall–Kier alpha value is -3.86. The van der Waals surface area contributed by atoms with E-state index in [2.05, 4.69) is 10.3 Å². The Morgan fingerprint density at radius 3 is 2.69 bits per heavy atom. The molecule has 4 aromatic rings. The molecule has 0 saturated heterocycles. The van der Waals surface area contributed by atoms with E-state index in [9.17, 15) is 4.79 Å². The number of fused-ring (bicyclic) bond motifs is 1. The van der Waals surface area contributed by atoms with Gasteiger partial charge in [0.05, 0.1) is 7.11 Å². The minimum Gasteiger partial charge on any atom is -0.497 e. The number of hydrogen-bond donors (Lipinski definition) is 1. The molecule has 5 heteroatoms. The third kappa shape index (κ3) is 4.35. The number of methoxy groups -OCH3 is 1. The predicted octanol–water partition coefficient (Wildman–Crippen LogP) is 5.46. The van der Waals surface area contributed by atoms with Crippen LogP contribution in [0, 0.1) is 6.92 Å². The quantitative estimate of drug-likeness (QED) is 0.464. The molecule has 0 aliphatic rings. The van der Waals surface area contributed by atoms with Crippen molar-refractivity contribution in [1.82, 2.24) is 4.98 Å². The maximum absolute atomic E-state index is 12.2. The summed E-state index contributed by atoms with van der Waals surface area (Å²) in [5.74, 6) is 1.03. The normalized spacial score (nSPS) is 11.1. The number of carbonyl (C=O) groups excluding carboxylic acids is 1. The van der Waals surface area contributed by atoms with Crippen LogP contribution in [0.25, 0.3) is 28.6 Å². The van der Waals surface area contributed by atoms with Crippen molar-refractivity contribution in [3.63, 3.8) is 0 Å². The van der Waals surface area contributed by atoms with E-state index in [4.69, 9.17) is 9.15 Å². The van der Waals surface area contributed by atoms with Crippen LogP contribution >= 0.6 is 0 Å². The minimum absolute atomic E-state index is 0.211. The van der Waals surface area contributed by atoms with E-state index in [1.54, 1.807) is 25.3 Å². The number of oxazole rings is 1. The van der Waals surface area contributed by atoms with E-state index < -0.39 is 0 Å². The molecule has 5 nitrogen and oxygen atoms in total. The first-order chi connectivity index (χ1) is 14.1. The fourth-order valence-corrected chi connectivity index (χ4v) is 2.92. The highest BCUT2D eigenvalue weighted by Crippen LogP contribution is 2.28. The highest BCUT2D eigenvalue weighted by atomic mass is 16.5. The van der Waals surface area contributed by atoms with Crippen molar-refractivity contribution in [2.75, 3.05) is 12.4 Å². The topological polar surface area (TPSA) is 64.4 Å². The maximum atomic E-state index is 12.2. The molecule has 0 aliphatic carbocycles. The van der Waals surface area contributed by atoms with Crippen LogP contribution in [0.1, 0.15) is 11.1 Å². The molecule has 0 fully saturated rings. The summed E-state index contributed by atoms with van der Waals surface area (Å²) in [5.41, 5.74) is 4.94. The van der Waals surface area contributed by atoms with Gasteiger partial charge in [-0.2, -0.15) is 0 Å². The van der Waals surface area contributed by atoms with Gasteiger partial charge in [0.2, 0.25) is 11.8 Å². The second-order valence-corrected chi connectivity index (χ2v) is 6.67. The Morgan fingerprint density at radius 1 is 1.07 bits per heavy atom. The molecule has 4 rings (SSSR count). The van der Waals surface area contributed by atoms with Crippen LogP contribution in [0.15, 0.2) is 77.2 Å². The van der Waals surface area contributed by atoms with Crippen LogP contribution in [-0.4, -0.2) is 18.0 Å². The number of anilines is 1. The van der Waals surface area contributed by atoms with Crippen LogP contribution in [0.4, 0.5) is 5.69 Å². The first-order valence-electron chi connectivity index (χ1n) is 9.21. The second-order valence-electron chi connectivity index (χ2n) is 6.67. The van der Waals surface area contributed by atoms with Gasteiger partial charge < -0.3 is 14.5 Å². The highest BCUT2D eigenvalue weighted by molar-refractivity contribution is 6.02. The molecule has 0 spiro atoms. The maximum Gasteiger partial charge on any atom is 0.248 e. The van der Waals surface area contributed by atoms with E-state index in [0.29, 0.717) is 17.2 Å². The molecule has 29 heavy (non-hydrogen) atoms. The fraction of sp³-hybridized carbons (Fsp3) is 0.0833. The molecule has 0 aliphatic heterocycles. The zero-order valence-corrected chi connectivity index (χ0v) is 16.2. The summed E-state index contributed by atoms with van der Waals surface area (Å²) in [6, 6.07) is 20.9. The van der Waals surface area contributed by atoms with E-state index >= 15 is 0 Å². The Morgan fingerprint density at radius 2 is 1.90 bits per heavy atom. The largest absolute Gasteiger partial charge is 0.497 e. The first kappa shape index (κ1) is 18.5. The lowest BCUT2D eigenvalue weighted by molar-refractivity contribution is -0.111. The van der Waals surface area contributed by atoms with E-state index in [1.165, 1.54) is 11.6 Å². The smallest absolute Gasteiger partial charge is 0.248 e. The van der Waals surface area contributed by atoms with E-state index in [1.807, 2.05) is 61.5 Å². The number of carbonyl (C=O) groups is 1. The number of aromatic nitrogens is 1. The van der Waals surface area contributed by atoms with Crippen molar-refractivity contribution in [1.29, 1.82) is 0 Å². The summed E-state index contributed by atoms with van der Waals surface area (Å²) in [6.07, 6.45) is 3.29. The summed E-state index contributed by atoms with van der Waals surface area (Å²) in [7, 11) is 1.62. The molecule has 0 saturated carbocycles. The summed E-state index contributed by atoms with van der Waals surface area (Å²) in [5, 5.41) is 2.85. The predicted molar refractivity (Wildman–Crippen MR) is 115 cm³/mol. The highest BCUT2D eigenvalue weighted by Gasteiger charge is 2.10. The van der Waals surface area contributed by atoms with Crippen LogP contribution < -0.4 is 10.1 Å². The summed E-state index contributed by atoms with van der Waals surface area (Å²) in [6.45, 7) is 2.03. The van der Waals surface area contributed by atoms with Gasteiger partial charge in [0, 0.05) is 23.4 Å². The monoisotopic (exact) mass is 384 g/mol. The lowest BCUT2D eigenvalue weighted by atomic mass is 10.1. The van der Waals surface area contributed by atoms with Crippen LogP contribution in [0.5, 0.6) is 5.75 Å².